The number of nitrogens with one attached hydrogen (secondary N) is 1. The lowest BCUT2D eigenvalue weighted by atomic mass is 9.87. The summed E-state index contributed by atoms with van der Waals surface area (Å²) in [6.07, 6.45) is 4.85. The summed E-state index contributed by atoms with van der Waals surface area (Å²) in [4.78, 5) is 14.0. The normalized spacial score (nSPS) is 27.5. The zero-order valence-corrected chi connectivity index (χ0v) is 11.9. The molecule has 5 nitrogen and oxygen atoms in total. The number of nitrogens with zero attached hydrogens (tertiary/aromatic N) is 1. The quantitative estimate of drug-likeness (QED) is 0.756. The van der Waals surface area contributed by atoms with E-state index >= 15 is 0 Å². The Bertz CT molecular complexity index is 295. The van der Waals surface area contributed by atoms with Crippen molar-refractivity contribution in [1.29, 1.82) is 0 Å². The molecular formula is C14H26N2O3. The van der Waals surface area contributed by atoms with E-state index in [0.29, 0.717) is 19.4 Å². The number of carbonyl (C=O) groups is 1. The standard InChI is InChI=1S/C14H26N2O3/c1-2-7-16-8-5-14(6-9-16,13(17)18)15-11-12-4-3-10-19-12/h12,15H,2-11H2,1H3,(H,17,18). The fourth-order valence-corrected chi connectivity index (χ4v) is 3.06. The topological polar surface area (TPSA) is 61.8 Å². The first-order valence-electron chi connectivity index (χ1n) is 7.49. The molecule has 0 spiro atoms. The van der Waals surface area contributed by atoms with Gasteiger partial charge in [-0.3, -0.25) is 10.1 Å². The first kappa shape index (κ1) is 14.8. The highest BCUT2D eigenvalue weighted by atomic mass is 16.5. The molecule has 0 amide bonds. The minimum Gasteiger partial charge on any atom is -0.480 e. The van der Waals surface area contributed by atoms with Crippen molar-refractivity contribution in [2.24, 2.45) is 0 Å². The first-order valence-corrected chi connectivity index (χ1v) is 7.49. The van der Waals surface area contributed by atoms with E-state index in [-0.39, 0.29) is 6.10 Å². The van der Waals surface area contributed by atoms with Gasteiger partial charge in [0.05, 0.1) is 6.10 Å². The second-order valence-corrected chi connectivity index (χ2v) is 5.74. The fraction of sp³-hybridized carbons (Fsp3) is 0.929. The Hall–Kier alpha value is -0.650. The van der Waals surface area contributed by atoms with Crippen molar-refractivity contribution < 1.29 is 14.6 Å². The molecule has 110 valence electrons. The molecule has 0 aromatic carbocycles. The molecule has 2 heterocycles. The van der Waals surface area contributed by atoms with Crippen molar-refractivity contribution in [3.8, 4) is 0 Å². The highest BCUT2D eigenvalue weighted by Crippen LogP contribution is 2.24. The molecule has 1 unspecified atom stereocenters. The summed E-state index contributed by atoms with van der Waals surface area (Å²) in [7, 11) is 0. The van der Waals surface area contributed by atoms with Crippen LogP contribution in [0.4, 0.5) is 0 Å². The molecule has 2 saturated heterocycles. The lowest BCUT2D eigenvalue weighted by Crippen LogP contribution is -2.59. The Morgan fingerprint density at radius 3 is 2.74 bits per heavy atom. The molecule has 2 aliphatic heterocycles. The van der Waals surface area contributed by atoms with E-state index in [0.717, 1.165) is 45.5 Å². The summed E-state index contributed by atoms with van der Waals surface area (Å²) in [6.45, 7) is 6.46. The number of carboxylic acids is 1. The van der Waals surface area contributed by atoms with Gasteiger partial charge in [-0.15, -0.1) is 0 Å². The van der Waals surface area contributed by atoms with E-state index in [2.05, 4.69) is 17.1 Å². The van der Waals surface area contributed by atoms with E-state index in [1.165, 1.54) is 0 Å². The van der Waals surface area contributed by atoms with Gasteiger partial charge >= 0.3 is 5.97 Å². The number of rotatable bonds is 6. The van der Waals surface area contributed by atoms with Crippen molar-refractivity contribution in [2.75, 3.05) is 32.8 Å². The van der Waals surface area contributed by atoms with Crippen LogP contribution in [0.3, 0.4) is 0 Å². The van der Waals surface area contributed by atoms with Gasteiger partial charge in [0.2, 0.25) is 0 Å². The molecule has 2 N–H and O–H groups in total. The lowest BCUT2D eigenvalue weighted by Gasteiger charge is -2.39. The van der Waals surface area contributed by atoms with Crippen LogP contribution in [0, 0.1) is 0 Å². The monoisotopic (exact) mass is 270 g/mol. The largest absolute Gasteiger partial charge is 0.480 e. The van der Waals surface area contributed by atoms with Crippen molar-refractivity contribution >= 4 is 5.97 Å². The molecule has 2 aliphatic rings. The molecule has 2 fully saturated rings. The van der Waals surface area contributed by atoms with Crippen LogP contribution in [0.1, 0.15) is 39.0 Å². The van der Waals surface area contributed by atoms with Crippen LogP contribution in [0.25, 0.3) is 0 Å². The highest BCUT2D eigenvalue weighted by molar-refractivity contribution is 5.79. The van der Waals surface area contributed by atoms with Gasteiger partial charge in [0.25, 0.3) is 0 Å². The number of piperidine rings is 1. The van der Waals surface area contributed by atoms with Crippen LogP contribution in [-0.2, 0) is 9.53 Å². The van der Waals surface area contributed by atoms with E-state index in [1.54, 1.807) is 0 Å². The molecule has 2 rings (SSSR count). The Kier molecular flexibility index (Phi) is 5.19. The minimum atomic E-state index is -0.740. The summed E-state index contributed by atoms with van der Waals surface area (Å²) >= 11 is 0. The smallest absolute Gasteiger partial charge is 0.323 e. The summed E-state index contributed by atoms with van der Waals surface area (Å²) < 4.78 is 5.56. The van der Waals surface area contributed by atoms with Crippen molar-refractivity contribution in [1.82, 2.24) is 10.2 Å². The fourth-order valence-electron chi connectivity index (χ4n) is 3.06. The molecule has 0 aromatic heterocycles. The molecule has 1 atom stereocenters. The van der Waals surface area contributed by atoms with Gasteiger partial charge in [0.1, 0.15) is 5.54 Å². The van der Waals surface area contributed by atoms with Gasteiger partial charge in [0, 0.05) is 26.2 Å². The number of aliphatic carboxylic acids is 1. The van der Waals surface area contributed by atoms with Crippen LogP contribution >= 0.6 is 0 Å². The molecule has 0 aliphatic carbocycles. The van der Waals surface area contributed by atoms with Gasteiger partial charge in [0.15, 0.2) is 0 Å². The van der Waals surface area contributed by atoms with Crippen molar-refractivity contribution in [2.45, 2.75) is 50.7 Å². The van der Waals surface area contributed by atoms with E-state index in [9.17, 15) is 9.90 Å². The molecular weight excluding hydrogens is 244 g/mol. The van der Waals surface area contributed by atoms with Crippen LogP contribution in [0.2, 0.25) is 0 Å². The SMILES string of the molecule is CCCN1CCC(NCC2CCCO2)(C(=O)O)CC1. The summed E-state index contributed by atoms with van der Waals surface area (Å²) in [6, 6.07) is 0. The summed E-state index contributed by atoms with van der Waals surface area (Å²) in [5.74, 6) is -0.707. The van der Waals surface area contributed by atoms with Crippen molar-refractivity contribution in [3.63, 3.8) is 0 Å². The zero-order chi connectivity index (χ0) is 13.7. The van der Waals surface area contributed by atoms with Gasteiger partial charge < -0.3 is 14.7 Å². The Morgan fingerprint density at radius 1 is 1.47 bits per heavy atom. The third kappa shape index (κ3) is 3.68. The molecule has 19 heavy (non-hydrogen) atoms. The predicted molar refractivity (Wildman–Crippen MR) is 73.3 cm³/mol. The number of hydrogen-bond donors (Lipinski definition) is 2. The third-order valence-corrected chi connectivity index (χ3v) is 4.35. The number of ether oxygens (including phenoxy) is 1. The maximum absolute atomic E-state index is 11.6. The highest BCUT2D eigenvalue weighted by Gasteiger charge is 2.41. The average molecular weight is 270 g/mol. The predicted octanol–water partition coefficient (Wildman–Crippen LogP) is 1.08. The minimum absolute atomic E-state index is 0.199. The Balaban J connectivity index is 1.86. The zero-order valence-electron chi connectivity index (χ0n) is 11.9. The number of likely N-dealkylation sites (tertiary alicyclic amines) is 1. The molecule has 0 aromatic rings. The Morgan fingerprint density at radius 2 is 2.21 bits per heavy atom. The number of carboxylic acid groups (broad SMARTS) is 1. The Labute approximate surface area is 115 Å². The average Bonchev–Trinajstić information content (AvgIpc) is 2.91. The van der Waals surface area contributed by atoms with Crippen LogP contribution in [-0.4, -0.2) is 60.4 Å². The first-order chi connectivity index (χ1) is 9.16. The lowest BCUT2D eigenvalue weighted by molar-refractivity contribution is -0.147. The van der Waals surface area contributed by atoms with Gasteiger partial charge in [-0.2, -0.15) is 0 Å². The van der Waals surface area contributed by atoms with E-state index in [1.807, 2.05) is 0 Å². The van der Waals surface area contributed by atoms with Gasteiger partial charge in [-0.25, -0.2) is 0 Å². The van der Waals surface area contributed by atoms with Crippen molar-refractivity contribution in [3.05, 3.63) is 0 Å². The van der Waals surface area contributed by atoms with E-state index in [4.69, 9.17) is 4.74 Å². The maximum atomic E-state index is 11.6. The van der Waals surface area contributed by atoms with Gasteiger partial charge in [-0.05, 0) is 38.6 Å². The number of hydrogen-bond acceptors (Lipinski definition) is 4. The van der Waals surface area contributed by atoms with Gasteiger partial charge in [-0.1, -0.05) is 6.92 Å². The van der Waals surface area contributed by atoms with Crippen LogP contribution in [0.15, 0.2) is 0 Å². The maximum Gasteiger partial charge on any atom is 0.323 e. The molecule has 0 saturated carbocycles. The van der Waals surface area contributed by atoms with Crippen LogP contribution < -0.4 is 5.32 Å². The second kappa shape index (κ2) is 6.68. The molecule has 0 bridgehead atoms. The molecule has 0 radical (unpaired) electrons. The second-order valence-electron chi connectivity index (χ2n) is 5.74. The van der Waals surface area contributed by atoms with E-state index < -0.39 is 11.5 Å². The third-order valence-electron chi connectivity index (χ3n) is 4.35. The van der Waals surface area contributed by atoms with Crippen LogP contribution in [0.5, 0.6) is 0 Å². The molecule has 5 heteroatoms. The summed E-state index contributed by atoms with van der Waals surface area (Å²) in [5.41, 5.74) is -0.740. The summed E-state index contributed by atoms with van der Waals surface area (Å²) in [5, 5.41) is 12.8.